The van der Waals surface area contributed by atoms with Gasteiger partial charge in [0.1, 0.15) is 5.75 Å². The minimum Gasteiger partial charge on any atom is -0.493 e. The second-order valence-electron chi connectivity index (χ2n) is 3.78. The van der Waals surface area contributed by atoms with Crippen LogP contribution in [0.15, 0.2) is 24.3 Å². The Hall–Kier alpha value is -1.06. The zero-order chi connectivity index (χ0) is 11.1. The topological polar surface area (TPSA) is 41.5 Å². The first-order valence-corrected chi connectivity index (χ1v) is 5.23. The van der Waals surface area contributed by atoms with Crippen LogP contribution in [-0.2, 0) is 6.61 Å². The number of nitrogens with one attached hydrogen (secondary N) is 1. The van der Waals surface area contributed by atoms with E-state index in [0.29, 0.717) is 12.5 Å². The molecule has 0 aliphatic heterocycles. The molecule has 0 radical (unpaired) electrons. The summed E-state index contributed by atoms with van der Waals surface area (Å²) in [5.74, 6) is 1.35. The average Bonchev–Trinajstić information content (AvgIpc) is 2.27. The van der Waals surface area contributed by atoms with Gasteiger partial charge in [-0.3, -0.25) is 0 Å². The Balaban J connectivity index is 2.37. The highest BCUT2D eigenvalue weighted by atomic mass is 16.5. The van der Waals surface area contributed by atoms with Gasteiger partial charge in [-0.2, -0.15) is 0 Å². The summed E-state index contributed by atoms with van der Waals surface area (Å²) >= 11 is 0. The van der Waals surface area contributed by atoms with Gasteiger partial charge in [-0.1, -0.05) is 19.1 Å². The molecule has 1 aromatic carbocycles. The SMILES string of the molecule is CNCC(C)COc1ccc(CO)cc1. The van der Waals surface area contributed by atoms with Gasteiger partial charge in [-0.05, 0) is 24.7 Å². The molecule has 3 nitrogen and oxygen atoms in total. The number of hydrogen-bond donors (Lipinski definition) is 2. The van der Waals surface area contributed by atoms with Crippen molar-refractivity contribution in [2.24, 2.45) is 5.92 Å². The van der Waals surface area contributed by atoms with E-state index in [2.05, 4.69) is 12.2 Å². The maximum atomic E-state index is 8.87. The number of ether oxygens (including phenoxy) is 1. The van der Waals surface area contributed by atoms with Crippen molar-refractivity contribution in [1.82, 2.24) is 5.32 Å². The van der Waals surface area contributed by atoms with Gasteiger partial charge in [0.25, 0.3) is 0 Å². The number of aliphatic hydroxyl groups excluding tert-OH is 1. The highest BCUT2D eigenvalue weighted by molar-refractivity contribution is 5.26. The summed E-state index contributed by atoms with van der Waals surface area (Å²) in [5, 5.41) is 12.0. The number of rotatable bonds is 6. The molecular weight excluding hydrogens is 190 g/mol. The molecule has 1 unspecified atom stereocenters. The molecule has 0 saturated carbocycles. The van der Waals surface area contributed by atoms with Crippen molar-refractivity contribution in [3.05, 3.63) is 29.8 Å². The van der Waals surface area contributed by atoms with Crippen LogP contribution in [0.25, 0.3) is 0 Å². The molecule has 0 heterocycles. The zero-order valence-corrected chi connectivity index (χ0v) is 9.36. The molecule has 0 spiro atoms. The number of benzene rings is 1. The van der Waals surface area contributed by atoms with Crippen LogP contribution in [0.1, 0.15) is 12.5 Å². The van der Waals surface area contributed by atoms with Crippen molar-refractivity contribution in [3.63, 3.8) is 0 Å². The van der Waals surface area contributed by atoms with Gasteiger partial charge in [0.2, 0.25) is 0 Å². The fourth-order valence-electron chi connectivity index (χ4n) is 1.34. The monoisotopic (exact) mass is 209 g/mol. The molecule has 1 rings (SSSR count). The summed E-state index contributed by atoms with van der Waals surface area (Å²) in [5.41, 5.74) is 0.908. The van der Waals surface area contributed by atoms with Gasteiger partial charge in [0.15, 0.2) is 0 Å². The molecule has 0 bridgehead atoms. The van der Waals surface area contributed by atoms with E-state index in [1.807, 2.05) is 31.3 Å². The van der Waals surface area contributed by atoms with E-state index in [-0.39, 0.29) is 6.61 Å². The van der Waals surface area contributed by atoms with Crippen LogP contribution in [0, 0.1) is 5.92 Å². The highest BCUT2D eigenvalue weighted by Gasteiger charge is 2.01. The molecule has 0 aliphatic rings. The third-order valence-corrected chi connectivity index (χ3v) is 2.19. The molecule has 0 saturated heterocycles. The molecule has 3 heteroatoms. The van der Waals surface area contributed by atoms with Crippen molar-refractivity contribution < 1.29 is 9.84 Å². The lowest BCUT2D eigenvalue weighted by Gasteiger charge is -2.12. The maximum Gasteiger partial charge on any atom is 0.119 e. The summed E-state index contributed by atoms with van der Waals surface area (Å²) in [7, 11) is 1.94. The van der Waals surface area contributed by atoms with Crippen LogP contribution < -0.4 is 10.1 Å². The van der Waals surface area contributed by atoms with Gasteiger partial charge >= 0.3 is 0 Å². The van der Waals surface area contributed by atoms with Crippen molar-refractivity contribution in [3.8, 4) is 5.75 Å². The molecule has 0 aliphatic carbocycles. The minimum atomic E-state index is 0.0798. The second-order valence-corrected chi connectivity index (χ2v) is 3.78. The van der Waals surface area contributed by atoms with Gasteiger partial charge in [-0.25, -0.2) is 0 Å². The fourth-order valence-corrected chi connectivity index (χ4v) is 1.34. The highest BCUT2D eigenvalue weighted by Crippen LogP contribution is 2.12. The first kappa shape index (κ1) is 12.0. The van der Waals surface area contributed by atoms with E-state index in [9.17, 15) is 0 Å². The Morgan fingerprint density at radius 2 is 2.00 bits per heavy atom. The van der Waals surface area contributed by atoms with Crippen LogP contribution >= 0.6 is 0 Å². The first-order chi connectivity index (χ1) is 7.26. The van der Waals surface area contributed by atoms with Gasteiger partial charge in [-0.15, -0.1) is 0 Å². The predicted octanol–water partition coefficient (Wildman–Crippen LogP) is 1.41. The second kappa shape index (κ2) is 6.43. The third kappa shape index (κ3) is 4.32. The fraction of sp³-hybridized carbons (Fsp3) is 0.500. The van der Waals surface area contributed by atoms with Crippen molar-refractivity contribution in [2.45, 2.75) is 13.5 Å². The summed E-state index contributed by atoms with van der Waals surface area (Å²) in [6.07, 6.45) is 0. The lowest BCUT2D eigenvalue weighted by Crippen LogP contribution is -2.21. The predicted molar refractivity (Wildman–Crippen MR) is 61.0 cm³/mol. The van der Waals surface area contributed by atoms with E-state index in [4.69, 9.17) is 9.84 Å². The lowest BCUT2D eigenvalue weighted by molar-refractivity contribution is 0.257. The largest absolute Gasteiger partial charge is 0.493 e. The molecule has 1 atom stereocenters. The van der Waals surface area contributed by atoms with Gasteiger partial charge < -0.3 is 15.2 Å². The Labute approximate surface area is 91.1 Å². The molecule has 0 amide bonds. The summed E-state index contributed by atoms with van der Waals surface area (Å²) < 4.78 is 5.60. The van der Waals surface area contributed by atoms with E-state index in [0.717, 1.165) is 17.9 Å². The third-order valence-electron chi connectivity index (χ3n) is 2.19. The molecular formula is C12H19NO2. The average molecular weight is 209 g/mol. The van der Waals surface area contributed by atoms with Crippen molar-refractivity contribution in [1.29, 1.82) is 0 Å². The number of hydrogen-bond acceptors (Lipinski definition) is 3. The number of aliphatic hydroxyl groups is 1. The summed E-state index contributed by atoms with van der Waals surface area (Å²) in [4.78, 5) is 0. The molecule has 84 valence electrons. The Morgan fingerprint density at radius 3 is 2.53 bits per heavy atom. The maximum absolute atomic E-state index is 8.87. The van der Waals surface area contributed by atoms with E-state index in [1.54, 1.807) is 0 Å². The van der Waals surface area contributed by atoms with Crippen LogP contribution in [0.4, 0.5) is 0 Å². The molecule has 0 fully saturated rings. The normalized spacial score (nSPS) is 12.5. The lowest BCUT2D eigenvalue weighted by atomic mass is 10.2. The Bertz CT molecular complexity index is 271. The van der Waals surface area contributed by atoms with Gasteiger partial charge in [0.05, 0.1) is 13.2 Å². The quantitative estimate of drug-likeness (QED) is 0.744. The smallest absolute Gasteiger partial charge is 0.119 e. The summed E-state index contributed by atoms with van der Waals surface area (Å²) in [6, 6.07) is 7.52. The van der Waals surface area contributed by atoms with E-state index < -0.39 is 0 Å². The Kier molecular flexibility index (Phi) is 5.15. The molecule has 1 aromatic rings. The van der Waals surface area contributed by atoms with Crippen LogP contribution in [0.5, 0.6) is 5.75 Å². The van der Waals surface area contributed by atoms with E-state index >= 15 is 0 Å². The standard InChI is InChI=1S/C12H19NO2/c1-10(7-13-2)9-15-12-5-3-11(8-14)4-6-12/h3-6,10,13-14H,7-9H2,1-2H3. The van der Waals surface area contributed by atoms with Crippen molar-refractivity contribution >= 4 is 0 Å². The molecule has 2 N–H and O–H groups in total. The first-order valence-electron chi connectivity index (χ1n) is 5.23. The summed E-state index contributed by atoms with van der Waals surface area (Å²) in [6.45, 7) is 3.88. The van der Waals surface area contributed by atoms with Crippen LogP contribution in [0.2, 0.25) is 0 Å². The van der Waals surface area contributed by atoms with Crippen LogP contribution in [-0.4, -0.2) is 25.3 Å². The van der Waals surface area contributed by atoms with Gasteiger partial charge in [0, 0.05) is 12.5 Å². The van der Waals surface area contributed by atoms with E-state index in [1.165, 1.54) is 0 Å². The Morgan fingerprint density at radius 1 is 1.33 bits per heavy atom. The minimum absolute atomic E-state index is 0.0798. The molecule has 15 heavy (non-hydrogen) atoms. The van der Waals surface area contributed by atoms with Crippen molar-refractivity contribution in [2.75, 3.05) is 20.2 Å². The van der Waals surface area contributed by atoms with Crippen LogP contribution in [0.3, 0.4) is 0 Å². The zero-order valence-electron chi connectivity index (χ0n) is 9.36. The molecule has 0 aromatic heterocycles.